The molecule has 0 aliphatic carbocycles. The van der Waals surface area contributed by atoms with E-state index in [0.29, 0.717) is 27.1 Å². The first-order valence-electron chi connectivity index (χ1n) is 7.41. The molecular formula is C17H17Cl2NO2. The van der Waals surface area contributed by atoms with Crippen molar-refractivity contribution in [1.29, 1.82) is 0 Å². The van der Waals surface area contributed by atoms with Crippen LogP contribution >= 0.6 is 23.2 Å². The Morgan fingerprint density at radius 2 is 1.68 bits per heavy atom. The molecule has 0 radical (unpaired) electrons. The largest absolute Gasteiger partial charge is 0.461 e. The molecule has 0 saturated carbocycles. The van der Waals surface area contributed by atoms with Gasteiger partial charge in [0.15, 0.2) is 0 Å². The molecule has 22 heavy (non-hydrogen) atoms. The first-order chi connectivity index (χ1) is 10.5. The van der Waals surface area contributed by atoms with Gasteiger partial charge in [0.25, 0.3) is 5.91 Å². The molecule has 1 aliphatic rings. The number of carbonyl (C=O) groups excluding carboxylic acids is 1. The second kappa shape index (κ2) is 6.35. The molecule has 3 rings (SSSR count). The minimum Gasteiger partial charge on any atom is -0.461 e. The molecule has 0 atom stereocenters. The number of nitrogens with zero attached hydrogens (tertiary/aromatic N) is 1. The molecule has 0 unspecified atom stereocenters. The predicted molar refractivity (Wildman–Crippen MR) is 88.7 cm³/mol. The molecule has 0 N–H and O–H groups in total. The number of rotatable bonds is 2. The highest BCUT2D eigenvalue weighted by molar-refractivity contribution is 6.35. The molecule has 116 valence electrons. The van der Waals surface area contributed by atoms with Crippen LogP contribution in [0, 0.1) is 6.92 Å². The summed E-state index contributed by atoms with van der Waals surface area (Å²) < 4.78 is 5.76. The van der Waals surface area contributed by atoms with E-state index in [-0.39, 0.29) is 5.91 Å². The third kappa shape index (κ3) is 3.16. The topological polar surface area (TPSA) is 33.5 Å². The maximum Gasteiger partial charge on any atom is 0.257 e. The van der Waals surface area contributed by atoms with Gasteiger partial charge in [-0.15, -0.1) is 0 Å². The minimum atomic E-state index is 0.0420. The smallest absolute Gasteiger partial charge is 0.257 e. The molecular weight excluding hydrogens is 321 g/mol. The molecule has 0 spiro atoms. The molecule has 2 heterocycles. The van der Waals surface area contributed by atoms with Crippen molar-refractivity contribution in [2.45, 2.75) is 26.2 Å². The predicted octanol–water partition coefficient (Wildman–Crippen LogP) is 5.19. The van der Waals surface area contributed by atoms with Crippen LogP contribution in [0.15, 0.2) is 28.7 Å². The molecule has 1 aromatic carbocycles. The van der Waals surface area contributed by atoms with Gasteiger partial charge in [-0.2, -0.15) is 0 Å². The molecule has 2 aromatic rings. The maximum atomic E-state index is 12.6. The highest BCUT2D eigenvalue weighted by atomic mass is 35.5. The molecule has 1 saturated heterocycles. The summed E-state index contributed by atoms with van der Waals surface area (Å²) in [6.07, 6.45) is 3.33. The average Bonchev–Trinajstić information content (AvgIpc) is 2.88. The van der Waals surface area contributed by atoms with Crippen LogP contribution in [0.1, 0.15) is 35.4 Å². The van der Waals surface area contributed by atoms with Crippen molar-refractivity contribution in [3.63, 3.8) is 0 Å². The highest BCUT2D eigenvalue weighted by Crippen LogP contribution is 2.31. The van der Waals surface area contributed by atoms with E-state index in [1.54, 1.807) is 24.3 Å². The first-order valence-corrected chi connectivity index (χ1v) is 8.16. The van der Waals surface area contributed by atoms with E-state index < -0.39 is 0 Å². The number of amides is 1. The Hall–Kier alpha value is -1.45. The van der Waals surface area contributed by atoms with Crippen LogP contribution < -0.4 is 0 Å². The van der Waals surface area contributed by atoms with Gasteiger partial charge in [-0.05, 0) is 50.5 Å². The Labute approximate surface area is 139 Å². The zero-order valence-corrected chi connectivity index (χ0v) is 13.9. The van der Waals surface area contributed by atoms with Gasteiger partial charge in [0.1, 0.15) is 11.5 Å². The first kappa shape index (κ1) is 15.4. The third-order valence-corrected chi connectivity index (χ3v) is 4.37. The van der Waals surface area contributed by atoms with Crippen molar-refractivity contribution in [2.24, 2.45) is 0 Å². The fourth-order valence-corrected chi connectivity index (χ4v) is 3.33. The van der Waals surface area contributed by atoms with E-state index >= 15 is 0 Å². The highest BCUT2D eigenvalue weighted by Gasteiger charge is 2.23. The summed E-state index contributed by atoms with van der Waals surface area (Å²) in [6.45, 7) is 3.45. The van der Waals surface area contributed by atoms with Crippen LogP contribution in [0.2, 0.25) is 10.0 Å². The maximum absolute atomic E-state index is 12.6. The number of hydrogen-bond acceptors (Lipinski definition) is 2. The quantitative estimate of drug-likeness (QED) is 0.755. The average molecular weight is 338 g/mol. The lowest BCUT2D eigenvalue weighted by molar-refractivity contribution is 0.0722. The number of hydrogen-bond donors (Lipinski definition) is 0. The van der Waals surface area contributed by atoms with Crippen molar-refractivity contribution in [3.8, 4) is 11.3 Å². The number of halogens is 2. The van der Waals surface area contributed by atoms with Crippen LogP contribution in [-0.4, -0.2) is 23.9 Å². The van der Waals surface area contributed by atoms with Crippen molar-refractivity contribution >= 4 is 29.1 Å². The van der Waals surface area contributed by atoms with E-state index in [1.165, 1.54) is 6.42 Å². The van der Waals surface area contributed by atoms with E-state index in [9.17, 15) is 4.79 Å². The van der Waals surface area contributed by atoms with E-state index in [0.717, 1.165) is 31.5 Å². The standard InChI is InChI=1S/C17H17Cl2NO2/c1-11-15(17(21)20-5-3-2-4-6-20)10-16(22-11)12-7-13(18)9-14(19)8-12/h7-10H,2-6H2,1H3. The number of likely N-dealkylation sites (tertiary alicyclic amines) is 1. The Bertz CT molecular complexity index is 682. The number of aryl methyl sites for hydroxylation is 1. The summed E-state index contributed by atoms with van der Waals surface area (Å²) in [5.74, 6) is 1.28. The van der Waals surface area contributed by atoms with Crippen molar-refractivity contribution < 1.29 is 9.21 Å². The van der Waals surface area contributed by atoms with Crippen LogP contribution in [0.3, 0.4) is 0 Å². The van der Waals surface area contributed by atoms with Gasteiger partial charge in [0.05, 0.1) is 5.56 Å². The summed E-state index contributed by atoms with van der Waals surface area (Å²) in [6, 6.07) is 7.01. The Balaban J connectivity index is 1.91. The fraction of sp³-hybridized carbons (Fsp3) is 0.353. The normalized spacial score (nSPS) is 15.1. The van der Waals surface area contributed by atoms with E-state index in [4.69, 9.17) is 27.6 Å². The van der Waals surface area contributed by atoms with Gasteiger partial charge in [-0.1, -0.05) is 23.2 Å². The number of furan rings is 1. The monoisotopic (exact) mass is 337 g/mol. The Morgan fingerprint density at radius 3 is 2.32 bits per heavy atom. The van der Waals surface area contributed by atoms with Gasteiger partial charge in [-0.25, -0.2) is 0 Å². The molecule has 3 nitrogen and oxygen atoms in total. The zero-order chi connectivity index (χ0) is 15.7. The molecule has 1 aliphatic heterocycles. The van der Waals surface area contributed by atoms with E-state index in [2.05, 4.69) is 0 Å². The van der Waals surface area contributed by atoms with Crippen molar-refractivity contribution in [1.82, 2.24) is 4.90 Å². The summed E-state index contributed by atoms with van der Waals surface area (Å²) in [5.41, 5.74) is 1.39. The van der Waals surface area contributed by atoms with Gasteiger partial charge in [-0.3, -0.25) is 4.79 Å². The number of piperidine rings is 1. The van der Waals surface area contributed by atoms with E-state index in [1.807, 2.05) is 11.8 Å². The third-order valence-electron chi connectivity index (χ3n) is 3.94. The molecule has 1 fully saturated rings. The number of carbonyl (C=O) groups is 1. The summed E-state index contributed by atoms with van der Waals surface area (Å²) in [7, 11) is 0. The second-order valence-corrected chi connectivity index (χ2v) is 6.46. The lowest BCUT2D eigenvalue weighted by Gasteiger charge is -2.26. The Kier molecular flexibility index (Phi) is 4.46. The van der Waals surface area contributed by atoms with Crippen LogP contribution in [0.25, 0.3) is 11.3 Å². The molecule has 1 aromatic heterocycles. The SMILES string of the molecule is Cc1oc(-c2cc(Cl)cc(Cl)c2)cc1C(=O)N1CCCCC1. The molecule has 1 amide bonds. The lowest BCUT2D eigenvalue weighted by atomic mass is 10.1. The van der Waals surface area contributed by atoms with Crippen LogP contribution in [-0.2, 0) is 0 Å². The molecule has 0 bridgehead atoms. The summed E-state index contributed by atoms with van der Waals surface area (Å²) >= 11 is 12.1. The summed E-state index contributed by atoms with van der Waals surface area (Å²) in [5, 5.41) is 1.08. The number of benzene rings is 1. The van der Waals surface area contributed by atoms with Gasteiger partial charge in [0, 0.05) is 28.7 Å². The van der Waals surface area contributed by atoms with Crippen molar-refractivity contribution in [3.05, 3.63) is 45.6 Å². The second-order valence-electron chi connectivity index (χ2n) is 5.59. The zero-order valence-electron chi connectivity index (χ0n) is 12.4. The minimum absolute atomic E-state index is 0.0420. The fourth-order valence-electron chi connectivity index (χ4n) is 2.80. The van der Waals surface area contributed by atoms with Crippen molar-refractivity contribution in [2.75, 3.05) is 13.1 Å². The van der Waals surface area contributed by atoms with Crippen LogP contribution in [0.5, 0.6) is 0 Å². The van der Waals surface area contributed by atoms with Crippen LogP contribution in [0.4, 0.5) is 0 Å². The Morgan fingerprint density at radius 1 is 1.05 bits per heavy atom. The summed E-state index contributed by atoms with van der Waals surface area (Å²) in [4.78, 5) is 14.5. The lowest BCUT2D eigenvalue weighted by Crippen LogP contribution is -2.35. The molecule has 5 heteroatoms. The van der Waals surface area contributed by atoms with Gasteiger partial charge < -0.3 is 9.32 Å². The van der Waals surface area contributed by atoms with Gasteiger partial charge in [0.2, 0.25) is 0 Å². The van der Waals surface area contributed by atoms with Gasteiger partial charge >= 0.3 is 0 Å².